The second kappa shape index (κ2) is 4.44. The molecule has 1 N–H and O–H groups in total. The standard InChI is InChI=1S/C12H10F4N2/c1-2-17-10-6-11(12(14,15)16)18-9-4-3-7(13)5-8(9)10/h3-6H,2H2,1H3,(H,17,18). The quantitative estimate of drug-likeness (QED) is 0.828. The van der Waals surface area contributed by atoms with Crippen molar-refractivity contribution in [3.8, 4) is 0 Å². The maximum atomic E-state index is 13.1. The molecule has 6 heteroatoms. The first-order valence-electron chi connectivity index (χ1n) is 5.33. The van der Waals surface area contributed by atoms with Gasteiger partial charge in [-0.15, -0.1) is 0 Å². The Morgan fingerprint density at radius 2 is 1.94 bits per heavy atom. The molecule has 0 saturated carbocycles. The molecule has 0 aliphatic carbocycles. The molecule has 1 aromatic heterocycles. The maximum Gasteiger partial charge on any atom is 0.433 e. The zero-order valence-electron chi connectivity index (χ0n) is 9.48. The first kappa shape index (κ1) is 12.6. The summed E-state index contributed by atoms with van der Waals surface area (Å²) in [5.74, 6) is -0.511. The zero-order chi connectivity index (χ0) is 13.3. The monoisotopic (exact) mass is 258 g/mol. The van der Waals surface area contributed by atoms with Crippen LogP contribution >= 0.6 is 0 Å². The second-order valence-electron chi connectivity index (χ2n) is 3.74. The highest BCUT2D eigenvalue weighted by atomic mass is 19.4. The van der Waals surface area contributed by atoms with Crippen molar-refractivity contribution in [2.75, 3.05) is 11.9 Å². The molecule has 2 nitrogen and oxygen atoms in total. The van der Waals surface area contributed by atoms with Gasteiger partial charge < -0.3 is 5.32 Å². The molecule has 0 atom stereocenters. The van der Waals surface area contributed by atoms with Gasteiger partial charge in [0, 0.05) is 17.6 Å². The minimum atomic E-state index is -4.52. The van der Waals surface area contributed by atoms with E-state index in [2.05, 4.69) is 10.3 Å². The average molecular weight is 258 g/mol. The Hall–Kier alpha value is -1.85. The molecule has 2 aromatic rings. The average Bonchev–Trinajstić information content (AvgIpc) is 2.28. The van der Waals surface area contributed by atoms with Crippen LogP contribution in [0, 0.1) is 5.82 Å². The molecule has 0 amide bonds. The van der Waals surface area contributed by atoms with Crippen LogP contribution in [0.25, 0.3) is 10.9 Å². The fourth-order valence-corrected chi connectivity index (χ4v) is 1.68. The van der Waals surface area contributed by atoms with E-state index >= 15 is 0 Å². The van der Waals surface area contributed by atoms with Crippen molar-refractivity contribution >= 4 is 16.6 Å². The summed E-state index contributed by atoms with van der Waals surface area (Å²) >= 11 is 0. The van der Waals surface area contributed by atoms with Crippen molar-refractivity contribution in [2.24, 2.45) is 0 Å². The molecule has 96 valence electrons. The molecular formula is C12H10F4N2. The van der Waals surface area contributed by atoms with Crippen LogP contribution in [0.4, 0.5) is 23.2 Å². The summed E-state index contributed by atoms with van der Waals surface area (Å²) in [4.78, 5) is 3.50. The Morgan fingerprint density at radius 3 is 2.56 bits per heavy atom. The summed E-state index contributed by atoms with van der Waals surface area (Å²) in [6.07, 6.45) is -4.52. The summed E-state index contributed by atoms with van der Waals surface area (Å²) in [5, 5.41) is 3.12. The minimum Gasteiger partial charge on any atom is -0.385 e. The molecule has 0 radical (unpaired) electrons. The van der Waals surface area contributed by atoms with Crippen molar-refractivity contribution < 1.29 is 17.6 Å². The largest absolute Gasteiger partial charge is 0.433 e. The smallest absolute Gasteiger partial charge is 0.385 e. The van der Waals surface area contributed by atoms with Crippen LogP contribution in [0.2, 0.25) is 0 Å². The van der Waals surface area contributed by atoms with Crippen LogP contribution in [0.5, 0.6) is 0 Å². The van der Waals surface area contributed by atoms with Gasteiger partial charge in [-0.05, 0) is 31.2 Å². The molecule has 0 bridgehead atoms. The lowest BCUT2D eigenvalue weighted by Gasteiger charge is -2.12. The van der Waals surface area contributed by atoms with E-state index in [4.69, 9.17) is 0 Å². The number of nitrogens with one attached hydrogen (secondary N) is 1. The number of hydrogen-bond donors (Lipinski definition) is 1. The predicted molar refractivity (Wildman–Crippen MR) is 60.9 cm³/mol. The van der Waals surface area contributed by atoms with Gasteiger partial charge in [-0.2, -0.15) is 13.2 Å². The van der Waals surface area contributed by atoms with E-state index in [0.717, 1.165) is 12.1 Å². The molecule has 0 aliphatic heterocycles. The third kappa shape index (κ3) is 2.37. The molecule has 0 fully saturated rings. The van der Waals surface area contributed by atoms with Crippen LogP contribution in [0.15, 0.2) is 24.3 Å². The van der Waals surface area contributed by atoms with E-state index in [0.29, 0.717) is 11.9 Å². The fraction of sp³-hybridized carbons (Fsp3) is 0.250. The summed E-state index contributed by atoms with van der Waals surface area (Å²) < 4.78 is 51.1. The number of aromatic nitrogens is 1. The van der Waals surface area contributed by atoms with Crippen LogP contribution in [0.3, 0.4) is 0 Å². The highest BCUT2D eigenvalue weighted by Gasteiger charge is 2.33. The van der Waals surface area contributed by atoms with Gasteiger partial charge in [0.2, 0.25) is 0 Å². The van der Waals surface area contributed by atoms with E-state index < -0.39 is 17.7 Å². The number of rotatable bonds is 2. The number of benzene rings is 1. The molecule has 0 unspecified atom stereocenters. The SMILES string of the molecule is CCNc1cc(C(F)(F)F)nc2ccc(F)cc12. The number of pyridine rings is 1. The van der Waals surface area contributed by atoms with Gasteiger partial charge in [0.1, 0.15) is 11.5 Å². The van der Waals surface area contributed by atoms with Gasteiger partial charge in [-0.3, -0.25) is 0 Å². The Bertz CT molecular complexity index is 578. The lowest BCUT2D eigenvalue weighted by molar-refractivity contribution is -0.140. The van der Waals surface area contributed by atoms with Crippen LogP contribution in [0.1, 0.15) is 12.6 Å². The summed E-state index contributed by atoms with van der Waals surface area (Å²) in [5.41, 5.74) is -0.644. The van der Waals surface area contributed by atoms with Crippen molar-refractivity contribution in [2.45, 2.75) is 13.1 Å². The topological polar surface area (TPSA) is 24.9 Å². The van der Waals surface area contributed by atoms with E-state index in [1.165, 1.54) is 12.1 Å². The van der Waals surface area contributed by atoms with Crippen LogP contribution in [-0.2, 0) is 6.18 Å². The summed E-state index contributed by atoms with van der Waals surface area (Å²) in [6, 6.07) is 4.39. The third-order valence-corrected chi connectivity index (χ3v) is 2.43. The summed E-state index contributed by atoms with van der Waals surface area (Å²) in [7, 11) is 0. The van der Waals surface area contributed by atoms with E-state index in [1.54, 1.807) is 6.92 Å². The van der Waals surface area contributed by atoms with Crippen LogP contribution in [-0.4, -0.2) is 11.5 Å². The third-order valence-electron chi connectivity index (χ3n) is 2.43. The first-order chi connectivity index (χ1) is 8.41. The van der Waals surface area contributed by atoms with Gasteiger partial charge in [0.25, 0.3) is 0 Å². The predicted octanol–water partition coefficient (Wildman–Crippen LogP) is 3.82. The highest BCUT2D eigenvalue weighted by Crippen LogP contribution is 2.33. The normalized spacial score (nSPS) is 11.8. The highest BCUT2D eigenvalue weighted by molar-refractivity contribution is 5.91. The van der Waals surface area contributed by atoms with E-state index in [9.17, 15) is 17.6 Å². The molecule has 1 aromatic carbocycles. The van der Waals surface area contributed by atoms with Crippen molar-refractivity contribution in [1.29, 1.82) is 0 Å². The van der Waals surface area contributed by atoms with Gasteiger partial charge in [0.05, 0.1) is 5.52 Å². The van der Waals surface area contributed by atoms with Gasteiger partial charge in [-0.1, -0.05) is 0 Å². The van der Waals surface area contributed by atoms with Crippen molar-refractivity contribution in [1.82, 2.24) is 4.98 Å². The number of alkyl halides is 3. The zero-order valence-corrected chi connectivity index (χ0v) is 9.48. The Morgan fingerprint density at radius 1 is 1.22 bits per heavy atom. The van der Waals surface area contributed by atoms with Gasteiger partial charge in [0.15, 0.2) is 0 Å². The number of anilines is 1. The molecular weight excluding hydrogens is 248 g/mol. The molecule has 2 rings (SSSR count). The minimum absolute atomic E-state index is 0.113. The fourth-order valence-electron chi connectivity index (χ4n) is 1.68. The Kier molecular flexibility index (Phi) is 3.11. The van der Waals surface area contributed by atoms with Gasteiger partial charge in [-0.25, -0.2) is 9.37 Å². The second-order valence-corrected chi connectivity index (χ2v) is 3.74. The number of nitrogens with zero attached hydrogens (tertiary/aromatic N) is 1. The Balaban J connectivity index is 2.70. The first-order valence-corrected chi connectivity index (χ1v) is 5.33. The van der Waals surface area contributed by atoms with Crippen LogP contribution < -0.4 is 5.32 Å². The summed E-state index contributed by atoms with van der Waals surface area (Å²) in [6.45, 7) is 2.19. The molecule has 18 heavy (non-hydrogen) atoms. The molecule has 0 saturated heterocycles. The van der Waals surface area contributed by atoms with E-state index in [1.807, 2.05) is 0 Å². The van der Waals surface area contributed by atoms with Gasteiger partial charge >= 0.3 is 6.18 Å². The Labute approximate surface area is 101 Å². The number of fused-ring (bicyclic) bond motifs is 1. The van der Waals surface area contributed by atoms with Crippen molar-refractivity contribution in [3.05, 3.63) is 35.8 Å². The molecule has 0 aliphatic rings. The number of halogens is 4. The molecule has 0 spiro atoms. The lowest BCUT2D eigenvalue weighted by atomic mass is 10.1. The lowest BCUT2D eigenvalue weighted by Crippen LogP contribution is -2.10. The maximum absolute atomic E-state index is 13.1. The van der Waals surface area contributed by atoms with Crippen molar-refractivity contribution in [3.63, 3.8) is 0 Å². The van der Waals surface area contributed by atoms with E-state index in [-0.39, 0.29) is 11.2 Å². The number of hydrogen-bond acceptors (Lipinski definition) is 2. The molecule has 1 heterocycles.